The number of carboxylic acids is 1. The Kier molecular flexibility index (Phi) is 6.38. The smallest absolute Gasteiger partial charge is 0.305 e. The van der Waals surface area contributed by atoms with Crippen LogP contribution in [0.4, 0.5) is 0 Å². The summed E-state index contributed by atoms with van der Waals surface area (Å²) < 4.78 is 5.23. The van der Waals surface area contributed by atoms with Crippen molar-refractivity contribution in [1.29, 1.82) is 0 Å². The summed E-state index contributed by atoms with van der Waals surface area (Å²) in [6.45, 7) is 5.95. The van der Waals surface area contributed by atoms with Gasteiger partial charge in [-0.1, -0.05) is 6.08 Å². The van der Waals surface area contributed by atoms with Gasteiger partial charge in [0.1, 0.15) is 0 Å². The molecule has 0 fully saturated rings. The number of aliphatic carboxylic acids is 1. The predicted octanol–water partition coefficient (Wildman–Crippen LogP) is 1.83. The van der Waals surface area contributed by atoms with Crippen molar-refractivity contribution in [2.24, 2.45) is 0 Å². The highest BCUT2D eigenvalue weighted by Gasteiger charge is 2.06. The van der Waals surface area contributed by atoms with E-state index < -0.39 is 5.97 Å². The van der Waals surface area contributed by atoms with Crippen molar-refractivity contribution < 1.29 is 14.6 Å². The Hall–Kier alpha value is -0.830. The van der Waals surface area contributed by atoms with Gasteiger partial charge in [0, 0.05) is 6.61 Å². The number of allylic oxidation sites excluding steroid dienone is 1. The fraction of sp³-hybridized carbons (Fsp3) is 0.667. The molecule has 0 aromatic rings. The lowest BCUT2D eigenvalue weighted by molar-refractivity contribution is -0.139. The van der Waals surface area contributed by atoms with Crippen LogP contribution >= 0.6 is 0 Å². The summed E-state index contributed by atoms with van der Waals surface area (Å²) in [5.41, 5.74) is 0. The van der Waals surface area contributed by atoms with Gasteiger partial charge in [0.05, 0.1) is 12.5 Å². The van der Waals surface area contributed by atoms with Crippen LogP contribution in [-0.4, -0.2) is 23.8 Å². The summed E-state index contributed by atoms with van der Waals surface area (Å²) >= 11 is 0. The van der Waals surface area contributed by atoms with E-state index in [9.17, 15) is 4.79 Å². The fourth-order valence-corrected chi connectivity index (χ4v) is 0.817. The highest BCUT2D eigenvalue weighted by Crippen LogP contribution is 1.99. The van der Waals surface area contributed by atoms with E-state index in [4.69, 9.17) is 9.84 Å². The number of hydrogen-bond donors (Lipinski definition) is 1. The lowest BCUT2D eigenvalue weighted by Gasteiger charge is -2.09. The van der Waals surface area contributed by atoms with Crippen LogP contribution in [0, 0.1) is 0 Å². The Morgan fingerprint density at radius 3 is 2.92 bits per heavy atom. The van der Waals surface area contributed by atoms with Crippen LogP contribution in [-0.2, 0) is 9.53 Å². The zero-order valence-corrected chi connectivity index (χ0v) is 7.45. The minimum Gasteiger partial charge on any atom is -0.481 e. The largest absolute Gasteiger partial charge is 0.481 e. The second-order valence-corrected chi connectivity index (χ2v) is 2.71. The van der Waals surface area contributed by atoms with Gasteiger partial charge in [-0.05, 0) is 19.8 Å². The Morgan fingerprint density at radius 1 is 1.75 bits per heavy atom. The second kappa shape index (κ2) is 6.85. The van der Waals surface area contributed by atoms with Gasteiger partial charge in [-0.2, -0.15) is 0 Å². The van der Waals surface area contributed by atoms with Crippen LogP contribution in [0.5, 0.6) is 0 Å². The molecule has 0 aliphatic heterocycles. The maximum atomic E-state index is 10.2. The summed E-state index contributed by atoms with van der Waals surface area (Å²) in [5.74, 6) is -0.814. The molecule has 0 aromatic carbocycles. The molecule has 0 amide bonds. The molecule has 0 spiro atoms. The van der Waals surface area contributed by atoms with Gasteiger partial charge >= 0.3 is 5.97 Å². The molecular formula is C9H16O3. The normalized spacial score (nSPS) is 12.4. The number of rotatable bonds is 7. The molecule has 0 aliphatic carbocycles. The molecule has 0 radical (unpaired) electrons. The maximum Gasteiger partial charge on any atom is 0.305 e. The first kappa shape index (κ1) is 11.2. The second-order valence-electron chi connectivity index (χ2n) is 2.71. The zero-order valence-electron chi connectivity index (χ0n) is 7.45. The third kappa shape index (κ3) is 7.28. The average molecular weight is 172 g/mol. The first-order valence-corrected chi connectivity index (χ1v) is 4.11. The first-order chi connectivity index (χ1) is 5.66. The van der Waals surface area contributed by atoms with Crippen LogP contribution < -0.4 is 0 Å². The molecule has 1 unspecified atom stereocenters. The number of hydrogen-bond acceptors (Lipinski definition) is 2. The van der Waals surface area contributed by atoms with Crippen molar-refractivity contribution >= 4 is 5.97 Å². The third-order valence-corrected chi connectivity index (χ3v) is 1.42. The van der Waals surface area contributed by atoms with Gasteiger partial charge in [-0.25, -0.2) is 0 Å². The van der Waals surface area contributed by atoms with E-state index in [-0.39, 0.29) is 12.5 Å². The molecule has 3 nitrogen and oxygen atoms in total. The van der Waals surface area contributed by atoms with Gasteiger partial charge < -0.3 is 9.84 Å². The van der Waals surface area contributed by atoms with Crippen molar-refractivity contribution in [2.75, 3.05) is 6.61 Å². The monoisotopic (exact) mass is 172 g/mol. The van der Waals surface area contributed by atoms with Gasteiger partial charge in [-0.3, -0.25) is 4.79 Å². The number of unbranched alkanes of at least 4 members (excludes halogenated alkanes) is 1. The molecule has 0 rings (SSSR count). The van der Waals surface area contributed by atoms with Crippen LogP contribution in [0.2, 0.25) is 0 Å². The van der Waals surface area contributed by atoms with E-state index >= 15 is 0 Å². The lowest BCUT2D eigenvalue weighted by Crippen LogP contribution is -2.14. The molecule has 3 heteroatoms. The molecule has 1 N–H and O–H groups in total. The van der Waals surface area contributed by atoms with Crippen molar-refractivity contribution in [3.05, 3.63) is 12.7 Å². The quantitative estimate of drug-likeness (QED) is 0.470. The van der Waals surface area contributed by atoms with E-state index in [1.165, 1.54) is 0 Å². The molecule has 70 valence electrons. The van der Waals surface area contributed by atoms with Gasteiger partial charge in [0.2, 0.25) is 0 Å². The summed E-state index contributed by atoms with van der Waals surface area (Å²) in [6.07, 6.45) is 3.54. The van der Waals surface area contributed by atoms with Crippen molar-refractivity contribution in [3.63, 3.8) is 0 Å². The molecule has 12 heavy (non-hydrogen) atoms. The number of ether oxygens (including phenoxy) is 1. The molecule has 0 aliphatic rings. The highest BCUT2D eigenvalue weighted by molar-refractivity contribution is 5.67. The summed E-state index contributed by atoms with van der Waals surface area (Å²) in [7, 11) is 0. The SMILES string of the molecule is C=CCCCOC(C)CC(=O)O. The molecule has 0 heterocycles. The van der Waals surface area contributed by atoms with Crippen molar-refractivity contribution in [3.8, 4) is 0 Å². The van der Waals surface area contributed by atoms with Gasteiger partial charge in [0.15, 0.2) is 0 Å². The van der Waals surface area contributed by atoms with Gasteiger partial charge in [-0.15, -0.1) is 6.58 Å². The molecule has 0 aromatic heterocycles. The molecule has 0 saturated heterocycles. The van der Waals surface area contributed by atoms with Crippen molar-refractivity contribution in [2.45, 2.75) is 32.3 Å². The summed E-state index contributed by atoms with van der Waals surface area (Å²) in [6, 6.07) is 0. The zero-order chi connectivity index (χ0) is 9.40. The van der Waals surface area contributed by atoms with Crippen LogP contribution in [0.25, 0.3) is 0 Å². The minimum atomic E-state index is -0.814. The Bertz CT molecular complexity index is 143. The van der Waals surface area contributed by atoms with Crippen LogP contribution in [0.15, 0.2) is 12.7 Å². The van der Waals surface area contributed by atoms with Gasteiger partial charge in [0.25, 0.3) is 0 Å². The number of carbonyl (C=O) groups is 1. The molecule has 1 atom stereocenters. The third-order valence-electron chi connectivity index (χ3n) is 1.42. The van der Waals surface area contributed by atoms with E-state index in [1.807, 2.05) is 6.08 Å². The Labute approximate surface area is 73.0 Å². The average Bonchev–Trinajstić information content (AvgIpc) is 1.97. The van der Waals surface area contributed by atoms with E-state index in [2.05, 4.69) is 6.58 Å². The molecule has 0 bridgehead atoms. The van der Waals surface area contributed by atoms with Crippen molar-refractivity contribution in [1.82, 2.24) is 0 Å². The summed E-state index contributed by atoms with van der Waals surface area (Å²) in [4.78, 5) is 10.2. The minimum absolute atomic E-state index is 0.0775. The standard InChI is InChI=1S/C9H16O3/c1-3-4-5-6-12-8(2)7-9(10)11/h3,8H,1,4-7H2,2H3,(H,10,11). The number of carboxylic acid groups (broad SMARTS) is 1. The van der Waals surface area contributed by atoms with E-state index in [0.29, 0.717) is 6.61 Å². The Balaban J connectivity index is 3.24. The summed E-state index contributed by atoms with van der Waals surface area (Å²) in [5, 5.41) is 8.39. The van der Waals surface area contributed by atoms with E-state index in [0.717, 1.165) is 12.8 Å². The van der Waals surface area contributed by atoms with E-state index in [1.54, 1.807) is 6.92 Å². The molecule has 0 saturated carbocycles. The lowest BCUT2D eigenvalue weighted by atomic mass is 10.3. The molecular weight excluding hydrogens is 156 g/mol. The van der Waals surface area contributed by atoms with Crippen LogP contribution in [0.1, 0.15) is 26.2 Å². The first-order valence-electron chi connectivity index (χ1n) is 4.11. The highest BCUT2D eigenvalue weighted by atomic mass is 16.5. The van der Waals surface area contributed by atoms with Crippen LogP contribution in [0.3, 0.4) is 0 Å². The maximum absolute atomic E-state index is 10.2. The predicted molar refractivity (Wildman–Crippen MR) is 47.1 cm³/mol. The topological polar surface area (TPSA) is 46.5 Å². The Morgan fingerprint density at radius 2 is 2.42 bits per heavy atom. The fourth-order valence-electron chi connectivity index (χ4n) is 0.817.